The van der Waals surface area contributed by atoms with Gasteiger partial charge in [0.1, 0.15) is 5.75 Å². The fourth-order valence-electron chi connectivity index (χ4n) is 4.21. The number of halogens is 2. The molecule has 1 unspecified atom stereocenters. The van der Waals surface area contributed by atoms with Crippen LogP contribution < -0.4 is 15.4 Å². The number of nitrogens with zero attached hydrogens (tertiary/aromatic N) is 1. The molecule has 2 amide bonds. The predicted molar refractivity (Wildman–Crippen MR) is 143 cm³/mol. The van der Waals surface area contributed by atoms with Crippen molar-refractivity contribution in [1.29, 1.82) is 0 Å². The number of hydrogen-bond donors (Lipinski definition) is 3. The Bertz CT molecular complexity index is 1430. The number of anilines is 1. The number of urea groups is 1. The minimum Gasteiger partial charge on any atom is -0.495 e. The molecular weight excluding hydrogens is 537 g/mol. The molecule has 196 valence electrons. The summed E-state index contributed by atoms with van der Waals surface area (Å²) in [5.74, 6) is -0.0296. The van der Waals surface area contributed by atoms with Gasteiger partial charge in [-0.25, -0.2) is 13.2 Å². The summed E-state index contributed by atoms with van der Waals surface area (Å²) in [4.78, 5) is 12.8. The van der Waals surface area contributed by atoms with Crippen LogP contribution in [0.25, 0.3) is 0 Å². The monoisotopic (exact) mass is 563 g/mol. The van der Waals surface area contributed by atoms with Crippen LogP contribution in [0.5, 0.6) is 5.75 Å². The lowest BCUT2D eigenvalue weighted by atomic mass is 9.99. The summed E-state index contributed by atoms with van der Waals surface area (Å²) in [6, 6.07) is 13.2. The van der Waals surface area contributed by atoms with Crippen LogP contribution in [-0.2, 0) is 28.6 Å². The molecule has 0 spiro atoms. The summed E-state index contributed by atoms with van der Waals surface area (Å²) in [6.45, 7) is 3.23. The SMILES string of the molecule is COc1cc(S(=O)(=O)Cc2ccc3c(c2)CCNC3)ccc1NC(=O)N(O)C(C)c1cccc(Cl)c1Cl. The Morgan fingerprint density at radius 2 is 1.95 bits per heavy atom. The molecule has 1 aliphatic heterocycles. The van der Waals surface area contributed by atoms with Gasteiger partial charge >= 0.3 is 6.03 Å². The molecule has 0 saturated heterocycles. The largest absolute Gasteiger partial charge is 0.495 e. The molecule has 0 radical (unpaired) electrons. The first kappa shape index (κ1) is 27.2. The number of ether oxygens (including phenoxy) is 1. The topological polar surface area (TPSA) is 108 Å². The standard InChI is InChI=1S/C26H27Cl2N3O5S/c1-16(21-4-3-5-22(27)25(21)28)31(33)26(32)30-23-9-8-20(13-24(23)36-2)37(34,35)15-17-6-7-19-14-29-11-10-18(19)12-17/h3-9,12-13,16,29,33H,10-11,14-15H2,1-2H3,(H,30,32). The highest BCUT2D eigenvalue weighted by molar-refractivity contribution is 7.90. The molecule has 11 heteroatoms. The van der Waals surface area contributed by atoms with Crippen LogP contribution in [0.15, 0.2) is 59.5 Å². The van der Waals surface area contributed by atoms with E-state index < -0.39 is 21.9 Å². The van der Waals surface area contributed by atoms with Gasteiger partial charge in [0.2, 0.25) is 0 Å². The second kappa shape index (κ2) is 11.3. The van der Waals surface area contributed by atoms with Gasteiger partial charge in [-0.3, -0.25) is 5.21 Å². The van der Waals surface area contributed by atoms with Gasteiger partial charge in [-0.1, -0.05) is 53.5 Å². The number of benzene rings is 3. The Balaban J connectivity index is 1.50. The second-order valence-corrected chi connectivity index (χ2v) is 11.5. The summed E-state index contributed by atoms with van der Waals surface area (Å²) in [5, 5.41) is 17.3. The lowest BCUT2D eigenvalue weighted by Crippen LogP contribution is -2.34. The number of methoxy groups -OCH3 is 1. The van der Waals surface area contributed by atoms with Gasteiger partial charge < -0.3 is 15.4 Å². The predicted octanol–water partition coefficient (Wildman–Crippen LogP) is 5.61. The number of carbonyl (C=O) groups excluding carboxylic acids is 1. The number of fused-ring (bicyclic) bond motifs is 1. The third-order valence-electron chi connectivity index (χ3n) is 6.29. The van der Waals surface area contributed by atoms with E-state index in [1.807, 2.05) is 18.2 Å². The molecule has 3 aromatic rings. The Hall–Kier alpha value is -2.82. The maximum Gasteiger partial charge on any atom is 0.346 e. The summed E-state index contributed by atoms with van der Waals surface area (Å²) in [6.07, 6.45) is 0.857. The molecule has 37 heavy (non-hydrogen) atoms. The molecule has 0 bridgehead atoms. The average molecular weight is 564 g/mol. The number of rotatable bonds is 7. The third kappa shape index (κ3) is 6.02. The van der Waals surface area contributed by atoms with Crippen LogP contribution in [-0.4, -0.2) is 38.4 Å². The zero-order chi connectivity index (χ0) is 26.7. The van der Waals surface area contributed by atoms with E-state index in [0.717, 1.165) is 25.1 Å². The Labute approximate surface area is 226 Å². The number of hydroxylamine groups is 2. The molecule has 3 N–H and O–H groups in total. The van der Waals surface area contributed by atoms with E-state index in [9.17, 15) is 18.4 Å². The van der Waals surface area contributed by atoms with E-state index in [4.69, 9.17) is 27.9 Å². The first-order valence-corrected chi connectivity index (χ1v) is 14.0. The number of amides is 2. The molecule has 0 saturated carbocycles. The number of nitrogens with one attached hydrogen (secondary N) is 2. The number of hydrogen-bond acceptors (Lipinski definition) is 6. The quantitative estimate of drug-likeness (QED) is 0.255. The van der Waals surface area contributed by atoms with E-state index in [-0.39, 0.29) is 27.1 Å². The van der Waals surface area contributed by atoms with Crippen molar-refractivity contribution in [1.82, 2.24) is 10.4 Å². The molecule has 1 heterocycles. The molecule has 1 atom stereocenters. The van der Waals surface area contributed by atoms with Crippen LogP contribution in [0.2, 0.25) is 10.0 Å². The van der Waals surface area contributed by atoms with E-state index >= 15 is 0 Å². The van der Waals surface area contributed by atoms with Gasteiger partial charge in [0.15, 0.2) is 9.84 Å². The fourth-order valence-corrected chi connectivity index (χ4v) is 6.03. The normalized spacial score (nSPS) is 14.0. The molecule has 3 aromatic carbocycles. The van der Waals surface area contributed by atoms with Crippen molar-refractivity contribution in [3.05, 3.63) is 86.9 Å². The second-order valence-electron chi connectivity index (χ2n) is 8.74. The summed E-state index contributed by atoms with van der Waals surface area (Å²) >= 11 is 12.3. The average Bonchev–Trinajstić information content (AvgIpc) is 2.89. The van der Waals surface area contributed by atoms with Gasteiger partial charge in [0.25, 0.3) is 0 Å². The van der Waals surface area contributed by atoms with Crippen LogP contribution in [0.1, 0.15) is 35.2 Å². The molecule has 8 nitrogen and oxygen atoms in total. The zero-order valence-corrected chi connectivity index (χ0v) is 22.6. The molecule has 1 aliphatic rings. The van der Waals surface area contributed by atoms with Gasteiger partial charge in [-0.05, 0) is 60.3 Å². The Kier molecular flexibility index (Phi) is 8.30. The maximum atomic E-state index is 13.2. The summed E-state index contributed by atoms with van der Waals surface area (Å²) < 4.78 is 31.7. The van der Waals surface area contributed by atoms with Crippen molar-refractivity contribution in [2.24, 2.45) is 0 Å². The smallest absolute Gasteiger partial charge is 0.346 e. The molecule has 0 aliphatic carbocycles. The van der Waals surface area contributed by atoms with Crippen LogP contribution in [0, 0.1) is 0 Å². The highest BCUT2D eigenvalue weighted by Crippen LogP contribution is 2.33. The highest BCUT2D eigenvalue weighted by atomic mass is 35.5. The minimum absolute atomic E-state index is 0.0571. The van der Waals surface area contributed by atoms with Crippen molar-refractivity contribution < 1.29 is 23.2 Å². The van der Waals surface area contributed by atoms with E-state index in [1.54, 1.807) is 25.1 Å². The number of sulfone groups is 1. The minimum atomic E-state index is -3.69. The first-order valence-electron chi connectivity index (χ1n) is 11.6. The van der Waals surface area contributed by atoms with Crippen LogP contribution in [0.4, 0.5) is 10.5 Å². The summed E-state index contributed by atoms with van der Waals surface area (Å²) in [7, 11) is -2.32. The van der Waals surface area contributed by atoms with Crippen molar-refractivity contribution >= 4 is 44.8 Å². The van der Waals surface area contributed by atoms with Gasteiger partial charge in [-0.15, -0.1) is 0 Å². The van der Waals surface area contributed by atoms with Gasteiger partial charge in [0.05, 0.1) is 39.5 Å². The first-order chi connectivity index (χ1) is 17.6. The van der Waals surface area contributed by atoms with Crippen molar-refractivity contribution in [3.8, 4) is 5.75 Å². The Morgan fingerprint density at radius 1 is 1.16 bits per heavy atom. The van der Waals surface area contributed by atoms with Crippen LogP contribution in [0.3, 0.4) is 0 Å². The molecule has 4 rings (SSSR count). The van der Waals surface area contributed by atoms with Gasteiger partial charge in [-0.2, -0.15) is 5.06 Å². The van der Waals surface area contributed by atoms with E-state index in [1.165, 1.54) is 30.9 Å². The van der Waals surface area contributed by atoms with E-state index in [0.29, 0.717) is 21.2 Å². The maximum absolute atomic E-state index is 13.2. The van der Waals surface area contributed by atoms with Crippen molar-refractivity contribution in [3.63, 3.8) is 0 Å². The zero-order valence-electron chi connectivity index (χ0n) is 20.3. The lowest BCUT2D eigenvalue weighted by molar-refractivity contribution is -0.0690. The fraction of sp³-hybridized carbons (Fsp3) is 0.269. The highest BCUT2D eigenvalue weighted by Gasteiger charge is 2.25. The van der Waals surface area contributed by atoms with E-state index in [2.05, 4.69) is 10.6 Å². The molecular formula is C26H27Cl2N3O5S. The third-order valence-corrected chi connectivity index (χ3v) is 8.81. The Morgan fingerprint density at radius 3 is 2.70 bits per heavy atom. The van der Waals surface area contributed by atoms with Gasteiger partial charge in [0, 0.05) is 12.6 Å². The lowest BCUT2D eigenvalue weighted by Gasteiger charge is -2.24. The molecule has 0 fully saturated rings. The van der Waals surface area contributed by atoms with Crippen molar-refractivity contribution in [2.75, 3.05) is 19.0 Å². The number of carbonyl (C=O) groups is 1. The molecule has 0 aromatic heterocycles. The van der Waals surface area contributed by atoms with Crippen molar-refractivity contribution in [2.45, 2.75) is 36.6 Å². The summed E-state index contributed by atoms with van der Waals surface area (Å²) in [5.41, 5.74) is 3.69. The van der Waals surface area contributed by atoms with Crippen LogP contribution >= 0.6 is 23.2 Å².